The third kappa shape index (κ3) is 2.08. The average molecular weight is 401 g/mol. The summed E-state index contributed by atoms with van der Waals surface area (Å²) in [5.41, 5.74) is 0.956. The molecule has 0 saturated carbocycles. The van der Waals surface area contributed by atoms with Gasteiger partial charge in [0.15, 0.2) is 11.5 Å². The second-order valence-corrected chi connectivity index (χ2v) is 5.51. The van der Waals surface area contributed by atoms with Crippen LogP contribution >= 0.6 is 41.9 Å². The summed E-state index contributed by atoms with van der Waals surface area (Å²) in [4.78, 5) is 15.8. The van der Waals surface area contributed by atoms with E-state index >= 15 is 0 Å². The molecule has 2 aromatic heterocycles. The SMILES string of the molecule is COC(=O)c1cc2c(F)c(Cl)c(C)nc2n1SI. The zero-order chi connectivity index (χ0) is 13.4. The van der Waals surface area contributed by atoms with Crippen molar-refractivity contribution in [3.8, 4) is 0 Å². The molecule has 0 fully saturated rings. The lowest BCUT2D eigenvalue weighted by molar-refractivity contribution is 0.0594. The number of halogens is 3. The number of nitrogens with zero attached hydrogens (tertiary/aromatic N) is 2. The summed E-state index contributed by atoms with van der Waals surface area (Å²) in [5.74, 6) is -1.13. The minimum atomic E-state index is -0.575. The Morgan fingerprint density at radius 3 is 2.89 bits per heavy atom. The molecular formula is C10H7ClFIN2O2S. The monoisotopic (exact) mass is 400 g/mol. The number of ether oxygens (including phenoxy) is 1. The Labute approximate surface area is 124 Å². The number of methoxy groups -OCH3 is 1. The minimum absolute atomic E-state index is 0.0328. The van der Waals surface area contributed by atoms with Crippen LogP contribution in [0.25, 0.3) is 11.0 Å². The summed E-state index contributed by atoms with van der Waals surface area (Å²) in [7, 11) is 2.48. The Hall–Kier alpha value is -0.540. The van der Waals surface area contributed by atoms with Crippen LogP contribution in [-0.2, 0) is 4.74 Å². The van der Waals surface area contributed by atoms with E-state index in [2.05, 4.69) is 9.72 Å². The van der Waals surface area contributed by atoms with Crippen LogP contribution in [-0.4, -0.2) is 22.0 Å². The Balaban J connectivity index is 2.85. The molecule has 4 nitrogen and oxygen atoms in total. The average Bonchev–Trinajstić information content (AvgIpc) is 2.73. The Kier molecular flexibility index (Phi) is 4.02. The number of carbonyl (C=O) groups is 1. The molecule has 0 bridgehead atoms. The molecule has 0 saturated heterocycles. The van der Waals surface area contributed by atoms with Crippen molar-refractivity contribution in [3.05, 3.63) is 28.3 Å². The lowest BCUT2D eigenvalue weighted by atomic mass is 10.2. The van der Waals surface area contributed by atoms with Crippen LogP contribution in [0, 0.1) is 12.7 Å². The van der Waals surface area contributed by atoms with E-state index in [4.69, 9.17) is 11.6 Å². The molecule has 96 valence electrons. The van der Waals surface area contributed by atoms with Crippen LogP contribution in [0.3, 0.4) is 0 Å². The maximum atomic E-state index is 14.0. The Morgan fingerprint density at radius 1 is 1.67 bits per heavy atom. The standard InChI is InChI=1S/C10H7ClFIN2O2S/c1-4-7(11)8(12)5-3-6(10(16)17-2)15(18-13)9(5)14-4/h3H,1-2H3. The number of carbonyl (C=O) groups excluding carboxylic acids is 1. The van der Waals surface area contributed by atoms with Gasteiger partial charge in [-0.25, -0.2) is 14.2 Å². The molecule has 2 rings (SSSR count). The first-order valence-electron chi connectivity index (χ1n) is 4.75. The normalized spacial score (nSPS) is 10.9. The maximum absolute atomic E-state index is 14.0. The van der Waals surface area contributed by atoms with Crippen LogP contribution in [0.4, 0.5) is 4.39 Å². The van der Waals surface area contributed by atoms with Crippen molar-refractivity contribution in [1.82, 2.24) is 8.96 Å². The third-order valence-electron chi connectivity index (χ3n) is 2.42. The highest BCUT2D eigenvalue weighted by molar-refractivity contribution is 14.2. The molecule has 8 heteroatoms. The largest absolute Gasteiger partial charge is 0.464 e. The molecule has 0 aliphatic heterocycles. The van der Waals surface area contributed by atoms with Gasteiger partial charge in [-0.1, -0.05) is 11.6 Å². The van der Waals surface area contributed by atoms with Gasteiger partial charge >= 0.3 is 5.97 Å². The van der Waals surface area contributed by atoms with Gasteiger partial charge in [-0.05, 0) is 13.0 Å². The number of rotatable bonds is 2. The van der Waals surface area contributed by atoms with Crippen molar-refractivity contribution < 1.29 is 13.9 Å². The number of aryl methyl sites for hydroxylation is 1. The van der Waals surface area contributed by atoms with Crippen molar-refractivity contribution >= 4 is 58.9 Å². The molecule has 0 aromatic carbocycles. The highest BCUT2D eigenvalue weighted by atomic mass is 127. The first kappa shape index (κ1) is 13.9. The van der Waals surface area contributed by atoms with Crippen molar-refractivity contribution in [2.75, 3.05) is 7.11 Å². The van der Waals surface area contributed by atoms with Crippen LogP contribution in [0.15, 0.2) is 6.07 Å². The predicted molar refractivity (Wildman–Crippen MR) is 77.8 cm³/mol. The van der Waals surface area contributed by atoms with Gasteiger partial charge in [0.2, 0.25) is 0 Å². The molecular weight excluding hydrogens is 394 g/mol. The molecule has 0 aliphatic carbocycles. The second kappa shape index (κ2) is 5.22. The zero-order valence-corrected chi connectivity index (χ0v) is 13.1. The Bertz CT molecular complexity index is 647. The first-order chi connectivity index (χ1) is 8.51. The van der Waals surface area contributed by atoms with Gasteiger partial charge in [0.05, 0.1) is 23.2 Å². The molecule has 0 radical (unpaired) electrons. The number of esters is 1. The number of pyridine rings is 1. The molecule has 0 atom stereocenters. The third-order valence-corrected chi connectivity index (χ3v) is 4.55. The van der Waals surface area contributed by atoms with Crippen molar-refractivity contribution in [2.24, 2.45) is 0 Å². The summed E-state index contributed by atoms with van der Waals surface area (Å²) in [6, 6.07) is 1.39. The molecule has 0 N–H and O–H groups in total. The van der Waals surface area contributed by atoms with Crippen LogP contribution in [0.1, 0.15) is 16.2 Å². The minimum Gasteiger partial charge on any atom is -0.464 e. The van der Waals surface area contributed by atoms with E-state index < -0.39 is 11.8 Å². The van der Waals surface area contributed by atoms with Gasteiger partial charge in [0, 0.05) is 30.3 Å². The summed E-state index contributed by atoms with van der Waals surface area (Å²) in [6.45, 7) is 1.61. The number of hydrogen-bond acceptors (Lipinski definition) is 4. The predicted octanol–water partition coefficient (Wildman–Crippen LogP) is 3.77. The molecule has 0 spiro atoms. The Morgan fingerprint density at radius 2 is 2.33 bits per heavy atom. The van der Waals surface area contributed by atoms with Gasteiger partial charge in [0.1, 0.15) is 5.69 Å². The molecule has 0 aliphatic rings. The summed E-state index contributed by atoms with van der Waals surface area (Å²) in [6.07, 6.45) is 0. The van der Waals surface area contributed by atoms with Gasteiger partial charge in [-0.15, -0.1) is 0 Å². The van der Waals surface area contributed by atoms with Crippen LogP contribution in [0.2, 0.25) is 5.02 Å². The van der Waals surface area contributed by atoms with Gasteiger partial charge in [0.25, 0.3) is 0 Å². The van der Waals surface area contributed by atoms with Crippen molar-refractivity contribution in [2.45, 2.75) is 6.92 Å². The summed E-state index contributed by atoms with van der Waals surface area (Å²) in [5, 5.41) is 0.171. The van der Waals surface area contributed by atoms with E-state index in [9.17, 15) is 9.18 Å². The molecule has 18 heavy (non-hydrogen) atoms. The maximum Gasteiger partial charge on any atom is 0.355 e. The summed E-state index contributed by atoms with van der Waals surface area (Å²) >= 11 is 7.79. The number of hydrogen-bond donors (Lipinski definition) is 0. The lowest BCUT2D eigenvalue weighted by Crippen LogP contribution is -2.05. The van der Waals surface area contributed by atoms with Crippen LogP contribution in [0.5, 0.6) is 0 Å². The highest BCUT2D eigenvalue weighted by Gasteiger charge is 2.21. The van der Waals surface area contributed by atoms with Gasteiger partial charge in [-0.3, -0.25) is 3.97 Å². The highest BCUT2D eigenvalue weighted by Crippen LogP contribution is 2.32. The molecule has 0 amide bonds. The lowest BCUT2D eigenvalue weighted by Gasteiger charge is -2.04. The van der Waals surface area contributed by atoms with Crippen LogP contribution < -0.4 is 0 Å². The molecule has 2 aromatic rings. The van der Waals surface area contributed by atoms with E-state index in [-0.39, 0.29) is 16.1 Å². The first-order valence-corrected chi connectivity index (χ1v) is 8.45. The fourth-order valence-corrected chi connectivity index (χ4v) is 3.30. The summed E-state index contributed by atoms with van der Waals surface area (Å²) < 4.78 is 20.2. The fraction of sp³-hybridized carbons (Fsp3) is 0.200. The van der Waals surface area contributed by atoms with Crippen molar-refractivity contribution in [1.29, 1.82) is 0 Å². The quantitative estimate of drug-likeness (QED) is 0.569. The van der Waals surface area contributed by atoms with Gasteiger partial charge < -0.3 is 4.74 Å². The topological polar surface area (TPSA) is 44.1 Å². The van der Waals surface area contributed by atoms with Crippen molar-refractivity contribution in [3.63, 3.8) is 0 Å². The molecule has 0 unspecified atom stereocenters. The van der Waals surface area contributed by atoms with E-state index in [1.165, 1.54) is 26.3 Å². The smallest absolute Gasteiger partial charge is 0.355 e. The zero-order valence-electron chi connectivity index (χ0n) is 9.33. The van der Waals surface area contributed by atoms with E-state index in [0.717, 1.165) is 0 Å². The van der Waals surface area contributed by atoms with Gasteiger partial charge in [-0.2, -0.15) is 0 Å². The number of aromatic nitrogens is 2. The van der Waals surface area contributed by atoms with E-state index in [0.29, 0.717) is 11.3 Å². The second-order valence-electron chi connectivity index (χ2n) is 3.45. The number of fused-ring (bicyclic) bond motifs is 1. The fourth-order valence-electron chi connectivity index (χ4n) is 1.55. The van der Waals surface area contributed by atoms with E-state index in [1.807, 2.05) is 21.2 Å². The molecule has 2 heterocycles. The van der Waals surface area contributed by atoms with E-state index in [1.54, 1.807) is 6.92 Å².